The van der Waals surface area contributed by atoms with Crippen molar-refractivity contribution in [1.82, 2.24) is 14.3 Å². The van der Waals surface area contributed by atoms with Crippen LogP contribution in [-0.4, -0.2) is 41.1 Å². The summed E-state index contributed by atoms with van der Waals surface area (Å²) in [4.78, 5) is 11.3. The summed E-state index contributed by atoms with van der Waals surface area (Å²) in [7, 11) is 1.69. The average molecular weight is 319 g/mol. The van der Waals surface area contributed by atoms with Crippen LogP contribution in [0.1, 0.15) is 24.2 Å². The first-order chi connectivity index (χ1) is 10.8. The van der Waals surface area contributed by atoms with E-state index in [9.17, 15) is 0 Å². The van der Waals surface area contributed by atoms with Crippen molar-refractivity contribution in [3.63, 3.8) is 0 Å². The van der Waals surface area contributed by atoms with E-state index in [0.29, 0.717) is 6.61 Å². The largest absolute Gasteiger partial charge is 0.384 e. The van der Waals surface area contributed by atoms with E-state index < -0.39 is 0 Å². The summed E-state index contributed by atoms with van der Waals surface area (Å²) in [6.07, 6.45) is 5.16. The highest BCUT2D eigenvalue weighted by Gasteiger charge is 2.13. The molecule has 0 unspecified atom stereocenters. The van der Waals surface area contributed by atoms with E-state index in [4.69, 9.17) is 4.74 Å². The third kappa shape index (κ3) is 3.92. The van der Waals surface area contributed by atoms with Crippen molar-refractivity contribution in [3.8, 4) is 0 Å². The zero-order valence-corrected chi connectivity index (χ0v) is 13.6. The van der Waals surface area contributed by atoms with Gasteiger partial charge in [-0.25, -0.2) is 9.97 Å². The van der Waals surface area contributed by atoms with Gasteiger partial charge in [-0.1, -0.05) is 0 Å². The molecule has 0 aliphatic carbocycles. The molecule has 1 fully saturated rings. The fourth-order valence-corrected chi connectivity index (χ4v) is 3.09. The van der Waals surface area contributed by atoms with Crippen molar-refractivity contribution < 1.29 is 4.74 Å². The molecule has 0 saturated carbocycles. The number of nitrogens with zero attached hydrogens (tertiary/aromatic N) is 4. The van der Waals surface area contributed by atoms with E-state index in [2.05, 4.69) is 30.6 Å². The Morgan fingerprint density at radius 1 is 1.36 bits per heavy atom. The summed E-state index contributed by atoms with van der Waals surface area (Å²) in [6.45, 7) is 3.62. The summed E-state index contributed by atoms with van der Waals surface area (Å²) >= 11 is 1.39. The number of methoxy groups -OCH3 is 1. The molecule has 22 heavy (non-hydrogen) atoms. The Kier molecular flexibility index (Phi) is 5.18. The van der Waals surface area contributed by atoms with Gasteiger partial charge in [-0.2, -0.15) is 4.37 Å². The average Bonchev–Trinajstić information content (AvgIpc) is 3.23. The Labute approximate surface area is 134 Å². The molecule has 0 aromatic carbocycles. The minimum atomic E-state index is 0.653. The van der Waals surface area contributed by atoms with Gasteiger partial charge in [-0.05, 0) is 30.5 Å². The van der Waals surface area contributed by atoms with Crippen LogP contribution in [0.2, 0.25) is 0 Å². The van der Waals surface area contributed by atoms with Crippen LogP contribution in [0.3, 0.4) is 0 Å². The lowest BCUT2D eigenvalue weighted by atomic mass is 10.2. The number of aromatic nitrogens is 3. The first-order valence-electron chi connectivity index (χ1n) is 7.60. The van der Waals surface area contributed by atoms with Gasteiger partial charge in [0, 0.05) is 50.9 Å². The molecular formula is C15H21N5OS. The number of nitrogens with one attached hydrogen (secondary N) is 1. The molecule has 7 heteroatoms. The maximum Gasteiger partial charge on any atom is 0.202 e. The molecule has 0 radical (unpaired) electrons. The van der Waals surface area contributed by atoms with Crippen LogP contribution < -0.4 is 10.2 Å². The van der Waals surface area contributed by atoms with Gasteiger partial charge in [0.25, 0.3) is 0 Å². The van der Waals surface area contributed by atoms with Crippen LogP contribution in [0.5, 0.6) is 0 Å². The molecule has 0 bridgehead atoms. The van der Waals surface area contributed by atoms with Crippen LogP contribution in [0.4, 0.5) is 10.9 Å². The number of hydrogen-bond donors (Lipinski definition) is 1. The Hall–Kier alpha value is -1.73. The zero-order chi connectivity index (χ0) is 15.2. The summed E-state index contributed by atoms with van der Waals surface area (Å²) in [6, 6.07) is 4.20. The van der Waals surface area contributed by atoms with E-state index in [1.165, 1.54) is 29.9 Å². The highest BCUT2D eigenvalue weighted by atomic mass is 32.1. The second-order valence-electron chi connectivity index (χ2n) is 5.33. The van der Waals surface area contributed by atoms with Crippen molar-refractivity contribution >= 4 is 22.5 Å². The van der Waals surface area contributed by atoms with Gasteiger partial charge in [0.05, 0.1) is 6.61 Å². The van der Waals surface area contributed by atoms with Gasteiger partial charge in [-0.3, -0.25) is 0 Å². The van der Waals surface area contributed by atoms with E-state index in [0.717, 1.165) is 42.8 Å². The van der Waals surface area contributed by atoms with Gasteiger partial charge in [0.2, 0.25) is 5.13 Å². The molecule has 2 aromatic heterocycles. The number of rotatable bonds is 7. The van der Waals surface area contributed by atoms with E-state index in [1.807, 2.05) is 12.3 Å². The normalized spacial score (nSPS) is 14.5. The third-order valence-electron chi connectivity index (χ3n) is 3.68. The molecule has 1 aliphatic heterocycles. The molecule has 3 rings (SSSR count). The summed E-state index contributed by atoms with van der Waals surface area (Å²) in [5, 5.41) is 4.19. The van der Waals surface area contributed by atoms with Gasteiger partial charge in [-0.15, -0.1) is 0 Å². The van der Waals surface area contributed by atoms with Gasteiger partial charge in [0.1, 0.15) is 11.6 Å². The molecule has 0 amide bonds. The fourth-order valence-electron chi connectivity index (χ4n) is 2.49. The zero-order valence-electron chi connectivity index (χ0n) is 12.8. The van der Waals surface area contributed by atoms with Crippen LogP contribution in [-0.2, 0) is 17.7 Å². The van der Waals surface area contributed by atoms with Crippen molar-refractivity contribution in [2.45, 2.75) is 25.8 Å². The molecule has 0 atom stereocenters. The van der Waals surface area contributed by atoms with Crippen LogP contribution in [0, 0.1) is 0 Å². The molecule has 6 nitrogen and oxygen atoms in total. The quantitative estimate of drug-likeness (QED) is 0.845. The predicted octanol–water partition coefficient (Wildman–Crippen LogP) is 2.33. The second kappa shape index (κ2) is 7.51. The van der Waals surface area contributed by atoms with Crippen molar-refractivity contribution in [3.05, 3.63) is 29.7 Å². The van der Waals surface area contributed by atoms with Crippen LogP contribution in [0.25, 0.3) is 0 Å². The maximum atomic E-state index is 5.04. The maximum absolute atomic E-state index is 5.04. The van der Waals surface area contributed by atoms with Gasteiger partial charge < -0.3 is 15.0 Å². The predicted molar refractivity (Wildman–Crippen MR) is 88.5 cm³/mol. The lowest BCUT2D eigenvalue weighted by Crippen LogP contribution is -2.19. The van der Waals surface area contributed by atoms with Crippen LogP contribution >= 0.6 is 11.5 Å². The summed E-state index contributed by atoms with van der Waals surface area (Å²) < 4.78 is 9.35. The van der Waals surface area contributed by atoms with E-state index in [-0.39, 0.29) is 0 Å². The van der Waals surface area contributed by atoms with Gasteiger partial charge >= 0.3 is 0 Å². The third-order valence-corrected chi connectivity index (χ3v) is 4.39. The van der Waals surface area contributed by atoms with Crippen molar-refractivity contribution in [2.24, 2.45) is 0 Å². The second-order valence-corrected chi connectivity index (χ2v) is 6.08. The molecule has 1 aliphatic rings. The highest BCUT2D eigenvalue weighted by molar-refractivity contribution is 7.09. The Bertz CT molecular complexity index is 597. The van der Waals surface area contributed by atoms with E-state index >= 15 is 0 Å². The highest BCUT2D eigenvalue weighted by Crippen LogP contribution is 2.19. The van der Waals surface area contributed by atoms with Gasteiger partial charge in [0.15, 0.2) is 0 Å². The number of hydrogen-bond acceptors (Lipinski definition) is 7. The summed E-state index contributed by atoms with van der Waals surface area (Å²) in [5.41, 5.74) is 1.21. The molecule has 3 heterocycles. The minimum Gasteiger partial charge on any atom is -0.384 e. The molecule has 0 spiro atoms. The number of anilines is 2. The number of ether oxygens (including phenoxy) is 1. The first kappa shape index (κ1) is 15.2. The van der Waals surface area contributed by atoms with Crippen molar-refractivity contribution in [2.75, 3.05) is 37.0 Å². The monoisotopic (exact) mass is 319 g/mol. The van der Waals surface area contributed by atoms with Crippen LogP contribution in [0.15, 0.2) is 18.3 Å². The first-order valence-corrected chi connectivity index (χ1v) is 8.38. The number of pyridine rings is 1. The Balaban J connectivity index is 1.56. The SMILES string of the molecule is COCCc1nsc(NCc2ccnc(N3CCCC3)c2)n1. The molecule has 118 valence electrons. The summed E-state index contributed by atoms with van der Waals surface area (Å²) in [5.74, 6) is 1.91. The Morgan fingerprint density at radius 2 is 2.23 bits per heavy atom. The molecular weight excluding hydrogens is 298 g/mol. The minimum absolute atomic E-state index is 0.653. The Morgan fingerprint density at radius 3 is 3.05 bits per heavy atom. The topological polar surface area (TPSA) is 63.2 Å². The lowest BCUT2D eigenvalue weighted by molar-refractivity contribution is 0.201. The molecule has 1 N–H and O–H groups in total. The molecule has 2 aromatic rings. The lowest BCUT2D eigenvalue weighted by Gasteiger charge is -2.16. The van der Waals surface area contributed by atoms with Crippen molar-refractivity contribution in [1.29, 1.82) is 0 Å². The molecule has 1 saturated heterocycles. The standard InChI is InChI=1S/C15H21N5OS/c1-21-9-5-13-18-15(22-19-13)17-11-12-4-6-16-14(10-12)20-7-2-3-8-20/h4,6,10H,2-3,5,7-9,11H2,1H3,(H,17,18,19). The van der Waals surface area contributed by atoms with E-state index in [1.54, 1.807) is 7.11 Å². The fraction of sp³-hybridized carbons (Fsp3) is 0.533. The smallest absolute Gasteiger partial charge is 0.202 e.